The summed E-state index contributed by atoms with van der Waals surface area (Å²) in [4.78, 5) is 1.18. The minimum atomic E-state index is -1.70. The van der Waals surface area contributed by atoms with Crippen LogP contribution in [0.5, 0.6) is 0 Å². The molecule has 0 heterocycles. The zero-order valence-corrected chi connectivity index (χ0v) is 31.5. The molecule has 6 unspecified atom stereocenters. The van der Waals surface area contributed by atoms with E-state index in [0.29, 0.717) is 38.5 Å². The lowest BCUT2D eigenvalue weighted by atomic mass is 10.3. The molecule has 0 spiro atoms. The van der Waals surface area contributed by atoms with Crippen molar-refractivity contribution < 1.29 is 25.3 Å². The molecule has 1 rings (SSSR count). The van der Waals surface area contributed by atoms with Crippen LogP contribution in [0.25, 0.3) is 0 Å². The molecule has 6 nitrogen and oxygen atoms in total. The summed E-state index contributed by atoms with van der Waals surface area (Å²) in [6.07, 6.45) is 8.58. The fourth-order valence-corrected chi connectivity index (χ4v) is 16.1. The first-order valence-corrected chi connectivity index (χ1v) is 23.6. The molecule has 0 radical (unpaired) electrons. The van der Waals surface area contributed by atoms with Crippen LogP contribution in [0.15, 0.2) is 29.4 Å². The predicted octanol–water partition coefficient (Wildman–Crippen LogP) is 7.13. The van der Waals surface area contributed by atoms with Crippen LogP contribution >= 0.6 is 0 Å². The predicted molar refractivity (Wildman–Crippen MR) is 184 cm³/mol. The van der Waals surface area contributed by atoms with Gasteiger partial charge in [0.05, 0.1) is 94.2 Å². The minimum absolute atomic E-state index is 0.197. The molecule has 0 amide bonds. The molecule has 1 aromatic carbocycles. The van der Waals surface area contributed by atoms with Crippen molar-refractivity contribution in [2.75, 3.05) is 34.5 Å². The van der Waals surface area contributed by atoms with Gasteiger partial charge in [-0.2, -0.15) is 0 Å². The average Bonchev–Trinajstić information content (AvgIpc) is 2.99. The molecule has 1 aromatic rings. The topological polar surface area (TPSA) is 102 Å². The molecule has 12 heteroatoms. The summed E-state index contributed by atoms with van der Waals surface area (Å²) in [5.74, 6) is 1.62. The van der Waals surface area contributed by atoms with E-state index < -0.39 is 64.8 Å². The zero-order chi connectivity index (χ0) is 31.7. The lowest BCUT2D eigenvalue weighted by Gasteiger charge is -2.25. The van der Waals surface area contributed by atoms with Gasteiger partial charge in [0.2, 0.25) is 0 Å². The number of rotatable bonds is 24. The van der Waals surface area contributed by atoms with Gasteiger partial charge in [0.1, 0.15) is 0 Å². The molecule has 0 N–H and O–H groups in total. The second-order valence-electron chi connectivity index (χ2n) is 10.4. The van der Waals surface area contributed by atoms with Crippen LogP contribution in [0.1, 0.15) is 119 Å². The Morgan fingerprint density at radius 3 is 0.500 bits per heavy atom. The Labute approximate surface area is 270 Å². The summed E-state index contributed by atoms with van der Waals surface area (Å²) >= 11 is 0. The highest BCUT2D eigenvalue weighted by atomic mass is 32.2. The molecule has 0 saturated carbocycles. The molecule has 0 bridgehead atoms. The average molecular weight is 703 g/mol. The van der Waals surface area contributed by atoms with E-state index in [-0.39, 0.29) is 63.9 Å². The van der Waals surface area contributed by atoms with E-state index in [0.717, 1.165) is 38.5 Å². The number of hydrogen-bond acceptors (Lipinski definition) is 6. The van der Waals surface area contributed by atoms with Gasteiger partial charge in [-0.25, -0.2) is 0 Å². The van der Waals surface area contributed by atoms with E-state index in [1.807, 2.05) is 41.5 Å². The Hall–Kier alpha value is 0.120. The van der Waals surface area contributed by atoms with Gasteiger partial charge in [0, 0.05) is 34.5 Å². The highest BCUT2D eigenvalue weighted by Crippen LogP contribution is 2.42. The normalized spacial score (nSPS) is 16.1. The summed E-state index contributed by atoms with van der Waals surface area (Å²) < 4.78 is 85.2. The standard InChI is InChI=1S/C30H54O6S6/c1-7-13-19-37(31)25-26(38(32)20-14-8-2)28(40(34)22-16-10-4)30(42(36)24-18-12-6)29(41(35)23-17-11-5)27(25)39(33)21-15-9-3/h7-24H2,1-6H3. The first kappa shape index (κ1) is 40.1. The van der Waals surface area contributed by atoms with E-state index in [1.54, 1.807) is 0 Å². The highest BCUT2D eigenvalue weighted by molar-refractivity contribution is 7.93. The number of unbranched alkanes of at least 4 members (excludes halogenated alkanes) is 6. The Bertz CT molecular complexity index is 889. The fraction of sp³-hybridized carbons (Fsp3) is 0.800. The zero-order valence-electron chi connectivity index (χ0n) is 26.6. The van der Waals surface area contributed by atoms with Crippen LogP contribution in [-0.4, -0.2) is 59.8 Å². The van der Waals surface area contributed by atoms with Crippen LogP contribution in [0, 0.1) is 0 Å². The first-order chi connectivity index (χ1) is 20.2. The van der Waals surface area contributed by atoms with Crippen LogP contribution in [0.2, 0.25) is 0 Å². The van der Waals surface area contributed by atoms with Crippen LogP contribution in [0.3, 0.4) is 0 Å². The summed E-state index contributed by atoms with van der Waals surface area (Å²) in [6.45, 7) is 12.0. The summed E-state index contributed by atoms with van der Waals surface area (Å²) in [7, 11) is -10.2. The van der Waals surface area contributed by atoms with E-state index in [9.17, 15) is 25.3 Å². The van der Waals surface area contributed by atoms with Gasteiger partial charge >= 0.3 is 0 Å². The Morgan fingerprint density at radius 2 is 0.405 bits per heavy atom. The van der Waals surface area contributed by atoms with E-state index in [4.69, 9.17) is 0 Å². The van der Waals surface area contributed by atoms with Crippen molar-refractivity contribution in [1.29, 1.82) is 0 Å². The van der Waals surface area contributed by atoms with Gasteiger partial charge in [-0.15, -0.1) is 0 Å². The SMILES string of the molecule is CCCCS(=O)c1c(S(=O)CCCC)c(S(=O)CCCC)c(S(=O)CCCC)c(S(=O)CCCC)c1S(=O)CCCC. The van der Waals surface area contributed by atoms with Crippen LogP contribution in [0.4, 0.5) is 0 Å². The number of benzene rings is 1. The molecular weight excluding hydrogens is 649 g/mol. The summed E-state index contributed by atoms with van der Waals surface area (Å²) in [5, 5.41) is 0. The summed E-state index contributed by atoms with van der Waals surface area (Å²) in [6, 6.07) is 0. The van der Waals surface area contributed by atoms with Crippen molar-refractivity contribution in [3.05, 3.63) is 0 Å². The monoisotopic (exact) mass is 702 g/mol. The van der Waals surface area contributed by atoms with E-state index >= 15 is 0 Å². The Balaban J connectivity index is 4.55. The minimum Gasteiger partial charge on any atom is -0.254 e. The molecule has 0 saturated heterocycles. The fourth-order valence-electron chi connectivity index (χ4n) is 4.12. The molecule has 0 aliphatic rings. The third-order valence-corrected chi connectivity index (χ3v) is 16.6. The van der Waals surface area contributed by atoms with Crippen molar-refractivity contribution in [1.82, 2.24) is 0 Å². The van der Waals surface area contributed by atoms with Gasteiger partial charge in [-0.3, -0.25) is 25.3 Å². The van der Waals surface area contributed by atoms with Crippen LogP contribution < -0.4 is 0 Å². The van der Waals surface area contributed by atoms with Crippen molar-refractivity contribution in [3.63, 3.8) is 0 Å². The molecule has 0 aromatic heterocycles. The van der Waals surface area contributed by atoms with Gasteiger partial charge < -0.3 is 0 Å². The van der Waals surface area contributed by atoms with Gasteiger partial charge in [0.25, 0.3) is 0 Å². The van der Waals surface area contributed by atoms with Crippen LogP contribution in [-0.2, 0) is 64.8 Å². The summed E-state index contributed by atoms with van der Waals surface area (Å²) in [5.41, 5.74) is 0. The third kappa shape index (κ3) is 11.8. The van der Waals surface area contributed by atoms with Crippen molar-refractivity contribution in [2.45, 2.75) is 148 Å². The maximum Gasteiger partial charge on any atom is 0.0736 e. The molecule has 0 fully saturated rings. The maximum atomic E-state index is 14.2. The molecule has 0 aliphatic heterocycles. The molecule has 246 valence electrons. The van der Waals surface area contributed by atoms with Crippen molar-refractivity contribution in [2.24, 2.45) is 0 Å². The second kappa shape index (κ2) is 22.6. The Kier molecular flexibility index (Phi) is 21.6. The Morgan fingerprint density at radius 1 is 0.286 bits per heavy atom. The van der Waals surface area contributed by atoms with Gasteiger partial charge in [-0.05, 0) is 38.5 Å². The lowest BCUT2D eigenvalue weighted by molar-refractivity contribution is 0.633. The molecule has 42 heavy (non-hydrogen) atoms. The maximum absolute atomic E-state index is 14.2. The lowest BCUT2D eigenvalue weighted by Crippen LogP contribution is -2.22. The molecular formula is C30H54O6S6. The van der Waals surface area contributed by atoms with E-state index in [2.05, 4.69) is 0 Å². The molecule has 6 atom stereocenters. The molecule has 0 aliphatic carbocycles. The second-order valence-corrected chi connectivity index (χ2v) is 19.4. The van der Waals surface area contributed by atoms with E-state index in [1.165, 1.54) is 0 Å². The van der Waals surface area contributed by atoms with Crippen molar-refractivity contribution in [3.8, 4) is 0 Å². The van der Waals surface area contributed by atoms with Crippen molar-refractivity contribution >= 4 is 64.8 Å². The smallest absolute Gasteiger partial charge is 0.0736 e. The quantitative estimate of drug-likeness (QED) is 0.114. The first-order valence-electron chi connectivity index (χ1n) is 15.7. The largest absolute Gasteiger partial charge is 0.254 e. The number of hydrogen-bond donors (Lipinski definition) is 0. The third-order valence-electron chi connectivity index (χ3n) is 6.70. The van der Waals surface area contributed by atoms with Gasteiger partial charge in [-0.1, -0.05) is 80.1 Å². The highest BCUT2D eigenvalue weighted by Gasteiger charge is 2.37. The van der Waals surface area contributed by atoms with Gasteiger partial charge in [0.15, 0.2) is 0 Å².